The fraction of sp³-hybridized carbons (Fsp3) is 0.385. The van der Waals surface area contributed by atoms with Gasteiger partial charge in [0, 0.05) is 11.4 Å². The molecular formula is C13H17BrN4OS. The molecule has 2 rings (SSSR count). The van der Waals surface area contributed by atoms with E-state index in [0.29, 0.717) is 17.4 Å². The summed E-state index contributed by atoms with van der Waals surface area (Å²) in [7, 11) is 0. The van der Waals surface area contributed by atoms with Gasteiger partial charge in [-0.05, 0) is 48.3 Å². The van der Waals surface area contributed by atoms with Gasteiger partial charge in [-0.3, -0.25) is 0 Å². The molecule has 0 aliphatic rings. The van der Waals surface area contributed by atoms with Crippen LogP contribution in [0.15, 0.2) is 22.2 Å². The normalized spacial score (nSPS) is 10.8. The van der Waals surface area contributed by atoms with E-state index >= 15 is 0 Å². The van der Waals surface area contributed by atoms with Crippen LogP contribution in [0.1, 0.15) is 18.7 Å². The third-order valence-electron chi connectivity index (χ3n) is 2.49. The van der Waals surface area contributed by atoms with Gasteiger partial charge in [-0.15, -0.1) is 11.3 Å². The van der Waals surface area contributed by atoms with Crippen LogP contribution in [0.5, 0.6) is 5.88 Å². The monoisotopic (exact) mass is 356 g/mol. The first kappa shape index (κ1) is 15.1. The Kier molecular flexibility index (Phi) is 5.19. The predicted molar refractivity (Wildman–Crippen MR) is 86.4 cm³/mol. The zero-order chi connectivity index (χ0) is 14.5. The molecule has 2 heterocycles. The lowest BCUT2D eigenvalue weighted by molar-refractivity contribution is 0.234. The summed E-state index contributed by atoms with van der Waals surface area (Å²) in [6, 6.07) is 4.15. The molecule has 0 radical (unpaired) electrons. The Morgan fingerprint density at radius 2 is 2.20 bits per heavy atom. The number of thiophene rings is 1. The first-order valence-corrected chi connectivity index (χ1v) is 7.92. The van der Waals surface area contributed by atoms with Crippen molar-refractivity contribution in [3.05, 3.63) is 27.1 Å². The Morgan fingerprint density at radius 1 is 1.40 bits per heavy atom. The molecule has 0 spiro atoms. The lowest BCUT2D eigenvalue weighted by Crippen LogP contribution is -2.13. The minimum Gasteiger partial charge on any atom is -0.473 e. The van der Waals surface area contributed by atoms with Crippen LogP contribution in [0.25, 0.3) is 0 Å². The maximum atomic E-state index is 6.00. The van der Waals surface area contributed by atoms with Crippen molar-refractivity contribution in [1.29, 1.82) is 0 Å². The average Bonchev–Trinajstić information content (AvgIpc) is 2.79. The maximum Gasteiger partial charge on any atom is 0.242 e. The highest BCUT2D eigenvalue weighted by Gasteiger charge is 2.10. The van der Waals surface area contributed by atoms with E-state index in [4.69, 9.17) is 10.5 Å². The third kappa shape index (κ3) is 4.08. The molecule has 3 N–H and O–H groups in total. The zero-order valence-electron chi connectivity index (χ0n) is 11.4. The van der Waals surface area contributed by atoms with Crippen LogP contribution in [0.4, 0.5) is 11.5 Å². The molecule has 0 aliphatic heterocycles. The van der Waals surface area contributed by atoms with E-state index in [1.165, 1.54) is 11.2 Å². The van der Waals surface area contributed by atoms with Gasteiger partial charge in [0.1, 0.15) is 12.0 Å². The summed E-state index contributed by atoms with van der Waals surface area (Å²) < 4.78 is 6.67. The summed E-state index contributed by atoms with van der Waals surface area (Å²) in [5, 5.41) is 3.22. The molecule has 7 heteroatoms. The number of nitrogens with zero attached hydrogens (tertiary/aromatic N) is 2. The van der Waals surface area contributed by atoms with Crippen molar-refractivity contribution >= 4 is 38.8 Å². The number of rotatable bonds is 6. The fourth-order valence-electron chi connectivity index (χ4n) is 1.63. The van der Waals surface area contributed by atoms with E-state index in [1.807, 2.05) is 19.9 Å². The summed E-state index contributed by atoms with van der Waals surface area (Å²) in [6.07, 6.45) is 2.40. The van der Waals surface area contributed by atoms with Crippen LogP contribution in [0, 0.1) is 0 Å². The van der Waals surface area contributed by atoms with Gasteiger partial charge in [0.25, 0.3) is 0 Å². The molecule has 0 bridgehead atoms. The van der Waals surface area contributed by atoms with E-state index in [1.54, 1.807) is 11.3 Å². The highest BCUT2D eigenvalue weighted by atomic mass is 79.9. The summed E-state index contributed by atoms with van der Waals surface area (Å²) in [5.41, 5.74) is 6.45. The van der Waals surface area contributed by atoms with Crippen LogP contribution in [-0.2, 0) is 6.42 Å². The maximum absolute atomic E-state index is 6.00. The predicted octanol–water partition coefficient (Wildman–Crippen LogP) is 3.32. The Labute approximate surface area is 130 Å². The zero-order valence-corrected chi connectivity index (χ0v) is 13.8. The van der Waals surface area contributed by atoms with E-state index in [-0.39, 0.29) is 6.10 Å². The number of halogens is 1. The SMILES string of the molecule is CC(C)Oc1ncnc(NCCc2ccc(Br)s2)c1N. The van der Waals surface area contributed by atoms with Gasteiger partial charge in [0.15, 0.2) is 5.82 Å². The number of hydrogen-bond acceptors (Lipinski definition) is 6. The fourth-order valence-corrected chi connectivity index (χ4v) is 3.11. The molecule has 20 heavy (non-hydrogen) atoms. The van der Waals surface area contributed by atoms with Gasteiger partial charge in [-0.2, -0.15) is 4.98 Å². The van der Waals surface area contributed by atoms with Gasteiger partial charge in [0.05, 0.1) is 9.89 Å². The molecule has 2 aromatic rings. The molecule has 0 unspecified atom stereocenters. The molecule has 0 amide bonds. The van der Waals surface area contributed by atoms with Gasteiger partial charge < -0.3 is 15.8 Å². The summed E-state index contributed by atoms with van der Waals surface area (Å²) in [4.78, 5) is 9.50. The molecule has 108 valence electrons. The molecule has 0 saturated heterocycles. The van der Waals surface area contributed by atoms with Crippen LogP contribution in [-0.4, -0.2) is 22.6 Å². The Bertz CT molecular complexity index is 573. The van der Waals surface area contributed by atoms with Crippen molar-refractivity contribution in [3.8, 4) is 5.88 Å². The van der Waals surface area contributed by atoms with Crippen LogP contribution in [0.2, 0.25) is 0 Å². The molecule has 0 saturated carbocycles. The van der Waals surface area contributed by atoms with Crippen molar-refractivity contribution < 1.29 is 4.74 Å². The lowest BCUT2D eigenvalue weighted by atomic mass is 10.3. The number of anilines is 2. The first-order valence-electron chi connectivity index (χ1n) is 6.31. The molecule has 0 atom stereocenters. The van der Waals surface area contributed by atoms with Crippen LogP contribution in [0.3, 0.4) is 0 Å². The number of aromatic nitrogens is 2. The topological polar surface area (TPSA) is 73.1 Å². The largest absolute Gasteiger partial charge is 0.473 e. The average molecular weight is 357 g/mol. The number of ether oxygens (including phenoxy) is 1. The second-order valence-electron chi connectivity index (χ2n) is 4.49. The first-order chi connectivity index (χ1) is 9.56. The van der Waals surface area contributed by atoms with Crippen LogP contribution >= 0.6 is 27.3 Å². The van der Waals surface area contributed by atoms with Gasteiger partial charge in [-0.25, -0.2) is 4.98 Å². The van der Waals surface area contributed by atoms with E-state index < -0.39 is 0 Å². The van der Waals surface area contributed by atoms with Crippen LogP contribution < -0.4 is 15.8 Å². The molecule has 0 aromatic carbocycles. The third-order valence-corrected chi connectivity index (χ3v) is 4.17. The molecular weight excluding hydrogens is 340 g/mol. The smallest absolute Gasteiger partial charge is 0.242 e. The number of nitrogens with two attached hydrogens (primary N) is 1. The van der Waals surface area contributed by atoms with Crippen molar-refractivity contribution in [1.82, 2.24) is 9.97 Å². The minimum absolute atomic E-state index is 0.0310. The lowest BCUT2D eigenvalue weighted by Gasteiger charge is -2.13. The standard InChI is InChI=1S/C13H17BrN4OS/c1-8(2)19-13-11(15)12(17-7-18-13)16-6-5-9-3-4-10(14)20-9/h3-4,7-8H,5-6,15H2,1-2H3,(H,16,17,18). The van der Waals surface area contributed by atoms with Gasteiger partial charge >= 0.3 is 0 Å². The second kappa shape index (κ2) is 6.90. The summed E-state index contributed by atoms with van der Waals surface area (Å²) in [5.74, 6) is 1.04. The van der Waals surface area contributed by atoms with Crippen molar-refractivity contribution in [3.63, 3.8) is 0 Å². The van der Waals surface area contributed by atoms with Crippen molar-refractivity contribution in [2.45, 2.75) is 26.4 Å². The summed E-state index contributed by atoms with van der Waals surface area (Å²) in [6.45, 7) is 4.63. The minimum atomic E-state index is 0.0310. The summed E-state index contributed by atoms with van der Waals surface area (Å²) >= 11 is 5.18. The Balaban J connectivity index is 1.95. The van der Waals surface area contributed by atoms with Crippen molar-refractivity contribution in [2.24, 2.45) is 0 Å². The van der Waals surface area contributed by atoms with E-state index in [2.05, 4.69) is 37.3 Å². The highest BCUT2D eigenvalue weighted by molar-refractivity contribution is 9.11. The van der Waals surface area contributed by atoms with Gasteiger partial charge in [0.2, 0.25) is 5.88 Å². The van der Waals surface area contributed by atoms with Gasteiger partial charge in [-0.1, -0.05) is 0 Å². The number of nitrogens with one attached hydrogen (secondary N) is 1. The molecule has 0 aliphatic carbocycles. The molecule has 0 fully saturated rings. The number of hydrogen-bond donors (Lipinski definition) is 2. The number of nitrogen functional groups attached to an aromatic ring is 1. The van der Waals surface area contributed by atoms with E-state index in [9.17, 15) is 0 Å². The molecule has 2 aromatic heterocycles. The molecule has 5 nitrogen and oxygen atoms in total. The second-order valence-corrected chi connectivity index (χ2v) is 7.04. The quantitative estimate of drug-likeness (QED) is 0.830. The highest BCUT2D eigenvalue weighted by Crippen LogP contribution is 2.26. The Morgan fingerprint density at radius 3 is 2.85 bits per heavy atom. The van der Waals surface area contributed by atoms with Crippen molar-refractivity contribution in [2.75, 3.05) is 17.6 Å². The Hall–Kier alpha value is -1.34. The van der Waals surface area contributed by atoms with E-state index in [0.717, 1.165) is 16.8 Å².